The van der Waals surface area contributed by atoms with E-state index in [0.29, 0.717) is 6.04 Å². The van der Waals surface area contributed by atoms with Gasteiger partial charge in [0.15, 0.2) is 0 Å². The minimum absolute atomic E-state index is 0.395. The Labute approximate surface area is 125 Å². The van der Waals surface area contributed by atoms with Crippen LogP contribution < -0.4 is 10.2 Å². The molecule has 0 radical (unpaired) electrons. The number of halogens is 1. The average molecular weight is 325 g/mol. The number of hydrogen-bond acceptors (Lipinski definition) is 2. The van der Waals surface area contributed by atoms with E-state index in [1.54, 1.807) is 0 Å². The second-order valence-electron chi connectivity index (χ2n) is 5.56. The predicted octanol–water partition coefficient (Wildman–Crippen LogP) is 4.36. The fraction of sp³-hybridized carbons (Fsp3) is 0.625. The van der Waals surface area contributed by atoms with Gasteiger partial charge >= 0.3 is 0 Å². The van der Waals surface area contributed by atoms with E-state index in [1.165, 1.54) is 41.5 Å². The van der Waals surface area contributed by atoms with Crippen LogP contribution in [0.15, 0.2) is 22.7 Å². The summed E-state index contributed by atoms with van der Waals surface area (Å²) in [7, 11) is 2.00. The Balaban J connectivity index is 2.13. The summed E-state index contributed by atoms with van der Waals surface area (Å²) in [6, 6.07) is 7.15. The fourth-order valence-corrected chi connectivity index (χ4v) is 3.25. The van der Waals surface area contributed by atoms with Crippen LogP contribution in [-0.2, 0) is 0 Å². The Bertz CT molecular complexity index is 415. The lowest BCUT2D eigenvalue weighted by Gasteiger charge is -2.33. The first-order valence-corrected chi connectivity index (χ1v) is 8.16. The molecule has 1 unspecified atom stereocenters. The van der Waals surface area contributed by atoms with E-state index in [2.05, 4.69) is 58.2 Å². The lowest BCUT2D eigenvalue weighted by Crippen LogP contribution is -2.32. The summed E-state index contributed by atoms with van der Waals surface area (Å²) < 4.78 is 1.22. The lowest BCUT2D eigenvalue weighted by atomic mass is 9.85. The van der Waals surface area contributed by atoms with Crippen LogP contribution in [0.3, 0.4) is 0 Å². The number of anilines is 1. The minimum atomic E-state index is 0.395. The Kier molecular flexibility index (Phi) is 5.28. The van der Waals surface area contributed by atoms with Crippen LogP contribution in [0.4, 0.5) is 5.69 Å². The van der Waals surface area contributed by atoms with Crippen LogP contribution >= 0.6 is 15.9 Å². The smallest absolute Gasteiger partial charge is 0.0510 e. The van der Waals surface area contributed by atoms with Gasteiger partial charge in [0.2, 0.25) is 0 Å². The van der Waals surface area contributed by atoms with E-state index >= 15 is 0 Å². The summed E-state index contributed by atoms with van der Waals surface area (Å²) in [5.74, 6) is 0.905. The van der Waals surface area contributed by atoms with E-state index in [-0.39, 0.29) is 0 Å². The van der Waals surface area contributed by atoms with Crippen molar-refractivity contribution < 1.29 is 0 Å². The Morgan fingerprint density at radius 3 is 2.63 bits per heavy atom. The number of benzene rings is 1. The first kappa shape index (κ1) is 14.9. The topological polar surface area (TPSA) is 15.3 Å². The third-order valence-corrected chi connectivity index (χ3v) is 4.97. The highest BCUT2D eigenvalue weighted by molar-refractivity contribution is 9.10. The van der Waals surface area contributed by atoms with Crippen LogP contribution in [0.5, 0.6) is 0 Å². The van der Waals surface area contributed by atoms with Crippen LogP contribution in [-0.4, -0.2) is 20.1 Å². The highest BCUT2D eigenvalue weighted by Gasteiger charge is 2.21. The van der Waals surface area contributed by atoms with Gasteiger partial charge in [-0.25, -0.2) is 0 Å². The van der Waals surface area contributed by atoms with E-state index in [9.17, 15) is 0 Å². The maximum absolute atomic E-state index is 3.75. The molecule has 1 aliphatic rings. The van der Waals surface area contributed by atoms with Gasteiger partial charge in [-0.05, 0) is 73.3 Å². The number of rotatable bonds is 6. The van der Waals surface area contributed by atoms with Crippen LogP contribution in [0.25, 0.3) is 0 Å². The zero-order chi connectivity index (χ0) is 13.8. The Hall–Kier alpha value is -0.540. The summed E-state index contributed by atoms with van der Waals surface area (Å²) in [6.07, 6.45) is 4.23. The molecule has 0 saturated heterocycles. The molecule has 0 heterocycles. The normalized spacial score (nSPS) is 17.1. The van der Waals surface area contributed by atoms with Gasteiger partial charge in [-0.1, -0.05) is 12.5 Å². The maximum Gasteiger partial charge on any atom is 0.0510 e. The molecule has 0 bridgehead atoms. The molecule has 1 fully saturated rings. The monoisotopic (exact) mass is 324 g/mol. The molecule has 1 N–H and O–H groups in total. The standard InChI is InChI=1S/C16H25BrN2/c1-4-19(11-13-6-5-7-13)16-9-8-14(10-15(16)17)12(2)18-3/h8-10,12-13,18H,4-7,11H2,1-3H3. The van der Waals surface area contributed by atoms with Crippen molar-refractivity contribution in [1.29, 1.82) is 0 Å². The van der Waals surface area contributed by atoms with Crippen molar-refractivity contribution in [3.05, 3.63) is 28.2 Å². The summed E-state index contributed by atoms with van der Waals surface area (Å²) in [6.45, 7) is 6.72. The number of nitrogens with zero attached hydrogens (tertiary/aromatic N) is 1. The second-order valence-corrected chi connectivity index (χ2v) is 6.41. The van der Waals surface area contributed by atoms with Crippen LogP contribution in [0, 0.1) is 5.92 Å². The van der Waals surface area contributed by atoms with Crippen LogP contribution in [0.1, 0.15) is 44.7 Å². The van der Waals surface area contributed by atoms with Gasteiger partial charge in [0.25, 0.3) is 0 Å². The fourth-order valence-electron chi connectivity index (χ4n) is 2.60. The molecule has 1 atom stereocenters. The Morgan fingerprint density at radius 1 is 1.42 bits per heavy atom. The molecular weight excluding hydrogens is 300 g/mol. The van der Waals surface area contributed by atoms with Gasteiger partial charge in [-0.15, -0.1) is 0 Å². The van der Waals surface area contributed by atoms with Crippen molar-refractivity contribution in [3.63, 3.8) is 0 Å². The molecule has 19 heavy (non-hydrogen) atoms. The summed E-state index contributed by atoms with van der Waals surface area (Å²) in [5, 5.41) is 3.29. The first-order valence-electron chi connectivity index (χ1n) is 7.37. The summed E-state index contributed by atoms with van der Waals surface area (Å²) >= 11 is 3.75. The van der Waals surface area contributed by atoms with Crippen molar-refractivity contribution in [3.8, 4) is 0 Å². The molecule has 1 aliphatic carbocycles. The third kappa shape index (κ3) is 3.51. The van der Waals surface area contributed by atoms with Crippen molar-refractivity contribution in [2.75, 3.05) is 25.0 Å². The lowest BCUT2D eigenvalue weighted by molar-refractivity contribution is 0.318. The molecule has 0 aromatic heterocycles. The van der Waals surface area contributed by atoms with E-state index in [4.69, 9.17) is 0 Å². The quantitative estimate of drug-likeness (QED) is 0.836. The molecule has 3 heteroatoms. The molecule has 1 saturated carbocycles. The SMILES string of the molecule is CCN(CC1CCC1)c1ccc(C(C)NC)cc1Br. The Morgan fingerprint density at radius 2 is 2.16 bits per heavy atom. The molecule has 106 valence electrons. The van der Waals surface area contributed by atoms with Gasteiger partial charge in [0.1, 0.15) is 0 Å². The maximum atomic E-state index is 3.75. The van der Waals surface area contributed by atoms with Crippen molar-refractivity contribution in [2.24, 2.45) is 5.92 Å². The van der Waals surface area contributed by atoms with Crippen LogP contribution in [0.2, 0.25) is 0 Å². The molecular formula is C16H25BrN2. The zero-order valence-corrected chi connectivity index (χ0v) is 13.8. The summed E-state index contributed by atoms with van der Waals surface area (Å²) in [4.78, 5) is 2.50. The van der Waals surface area contributed by atoms with Gasteiger partial charge < -0.3 is 10.2 Å². The van der Waals surface area contributed by atoms with E-state index in [1.807, 2.05) is 7.05 Å². The highest BCUT2D eigenvalue weighted by atomic mass is 79.9. The zero-order valence-electron chi connectivity index (χ0n) is 12.2. The molecule has 0 spiro atoms. The average Bonchev–Trinajstić information content (AvgIpc) is 2.37. The summed E-state index contributed by atoms with van der Waals surface area (Å²) in [5.41, 5.74) is 2.67. The highest BCUT2D eigenvalue weighted by Crippen LogP contribution is 2.33. The molecule has 1 aromatic carbocycles. The first-order chi connectivity index (χ1) is 9.15. The van der Waals surface area contributed by atoms with Crippen molar-refractivity contribution >= 4 is 21.6 Å². The van der Waals surface area contributed by atoms with Crippen molar-refractivity contribution in [1.82, 2.24) is 5.32 Å². The molecule has 1 aromatic rings. The van der Waals surface area contributed by atoms with Gasteiger partial charge in [0.05, 0.1) is 5.69 Å². The van der Waals surface area contributed by atoms with Crippen molar-refractivity contribution in [2.45, 2.75) is 39.2 Å². The predicted molar refractivity (Wildman–Crippen MR) is 86.8 cm³/mol. The molecule has 0 amide bonds. The minimum Gasteiger partial charge on any atom is -0.371 e. The van der Waals surface area contributed by atoms with Gasteiger partial charge in [0, 0.05) is 23.6 Å². The molecule has 2 rings (SSSR count). The van der Waals surface area contributed by atoms with E-state index < -0.39 is 0 Å². The van der Waals surface area contributed by atoms with E-state index in [0.717, 1.165) is 12.5 Å². The largest absolute Gasteiger partial charge is 0.371 e. The molecule has 0 aliphatic heterocycles. The second kappa shape index (κ2) is 6.76. The number of hydrogen-bond donors (Lipinski definition) is 1. The number of nitrogens with one attached hydrogen (secondary N) is 1. The van der Waals surface area contributed by atoms with Gasteiger partial charge in [-0.2, -0.15) is 0 Å². The third-order valence-electron chi connectivity index (χ3n) is 4.33. The molecule has 2 nitrogen and oxygen atoms in total. The van der Waals surface area contributed by atoms with Gasteiger partial charge in [-0.3, -0.25) is 0 Å².